The van der Waals surface area contributed by atoms with Gasteiger partial charge in [0.25, 0.3) is 11.5 Å². The molecule has 190 valence electrons. The van der Waals surface area contributed by atoms with Gasteiger partial charge in [0.2, 0.25) is 0 Å². The number of H-pyrrole nitrogens is 1. The molecular formula is C27H30FN3O4S. The van der Waals surface area contributed by atoms with E-state index in [4.69, 9.17) is 4.74 Å². The number of hydrogen-bond donors (Lipinski definition) is 3. The molecule has 1 amide bonds. The number of amides is 1. The first kappa shape index (κ1) is 25.7. The summed E-state index contributed by atoms with van der Waals surface area (Å²) in [6, 6.07) is 6.38. The van der Waals surface area contributed by atoms with E-state index in [1.165, 1.54) is 28.0 Å². The summed E-state index contributed by atoms with van der Waals surface area (Å²) >= 11 is 1.44. The van der Waals surface area contributed by atoms with Gasteiger partial charge in [-0.05, 0) is 70.0 Å². The van der Waals surface area contributed by atoms with Crippen molar-refractivity contribution in [3.05, 3.63) is 68.3 Å². The van der Waals surface area contributed by atoms with E-state index >= 15 is 0 Å². The molecule has 4 rings (SSSR count). The summed E-state index contributed by atoms with van der Waals surface area (Å²) in [7, 11) is 1.65. The summed E-state index contributed by atoms with van der Waals surface area (Å²) in [5.74, 6) is 0.432. The summed E-state index contributed by atoms with van der Waals surface area (Å²) in [6.45, 7) is 9.31. The summed E-state index contributed by atoms with van der Waals surface area (Å²) in [6.07, 6.45) is 2.11. The van der Waals surface area contributed by atoms with Crippen LogP contribution in [-0.2, 0) is 13.5 Å². The Hall–Kier alpha value is -3.43. The Morgan fingerprint density at radius 2 is 1.89 bits per heavy atom. The molecule has 1 aromatic carbocycles. The number of pyridine rings is 1. The molecule has 0 radical (unpaired) electrons. The van der Waals surface area contributed by atoms with Crippen LogP contribution in [0.25, 0.3) is 21.3 Å². The van der Waals surface area contributed by atoms with Crippen molar-refractivity contribution < 1.29 is 19.0 Å². The van der Waals surface area contributed by atoms with Crippen LogP contribution in [0, 0.1) is 19.7 Å². The topological polar surface area (TPSA) is 96.3 Å². The lowest BCUT2D eigenvalue weighted by molar-refractivity contribution is 0.0818. The Morgan fingerprint density at radius 1 is 1.22 bits per heavy atom. The van der Waals surface area contributed by atoms with E-state index in [1.807, 2.05) is 13.0 Å². The Kier molecular flexibility index (Phi) is 6.81. The molecule has 3 aromatic heterocycles. The third-order valence-corrected chi connectivity index (χ3v) is 6.93. The van der Waals surface area contributed by atoms with E-state index in [1.54, 1.807) is 47.0 Å². The number of aromatic nitrogens is 2. The minimum absolute atomic E-state index is 0.259. The molecule has 0 aliphatic heterocycles. The van der Waals surface area contributed by atoms with E-state index in [-0.39, 0.29) is 23.0 Å². The summed E-state index contributed by atoms with van der Waals surface area (Å²) in [4.78, 5) is 30.0. The van der Waals surface area contributed by atoms with E-state index in [2.05, 4.69) is 10.3 Å². The van der Waals surface area contributed by atoms with Crippen molar-refractivity contribution in [3.8, 4) is 21.9 Å². The highest BCUT2D eigenvalue weighted by Gasteiger charge is 2.24. The summed E-state index contributed by atoms with van der Waals surface area (Å²) in [5, 5.41) is 13.8. The standard InChI is InChI=1S/C27H30FN3O4S/c1-7-29-25(32)20-11-18-19(13-31(6)26(33)22(18)30-20)24-21(10-17(36-24)12-27(4,5)34)35-23-14(2)8-16(28)9-15(23)3/h8-11,13,30,34H,7,12H2,1-6H3,(H,29,32). The quantitative estimate of drug-likeness (QED) is 0.318. The van der Waals surface area contributed by atoms with Gasteiger partial charge in [0, 0.05) is 42.0 Å². The van der Waals surface area contributed by atoms with Crippen molar-refractivity contribution in [2.24, 2.45) is 7.05 Å². The number of nitrogens with zero attached hydrogens (tertiary/aromatic N) is 1. The second-order valence-corrected chi connectivity index (χ2v) is 10.8. The Balaban J connectivity index is 1.94. The number of hydrogen-bond acceptors (Lipinski definition) is 5. The fraction of sp³-hybridized carbons (Fsp3) is 0.333. The number of benzene rings is 1. The normalized spacial score (nSPS) is 11.8. The van der Waals surface area contributed by atoms with Crippen molar-refractivity contribution in [2.45, 2.75) is 46.6 Å². The molecule has 0 fully saturated rings. The molecule has 0 spiro atoms. The molecular weight excluding hydrogens is 481 g/mol. The fourth-order valence-corrected chi connectivity index (χ4v) is 5.59. The fourth-order valence-electron chi connectivity index (χ4n) is 4.26. The first-order valence-corrected chi connectivity index (χ1v) is 12.5. The van der Waals surface area contributed by atoms with Gasteiger partial charge in [-0.15, -0.1) is 11.3 Å². The van der Waals surface area contributed by atoms with Gasteiger partial charge >= 0.3 is 0 Å². The summed E-state index contributed by atoms with van der Waals surface area (Å²) in [5.41, 5.74) is 1.41. The average Bonchev–Trinajstić information content (AvgIpc) is 3.37. The van der Waals surface area contributed by atoms with Gasteiger partial charge in [0.05, 0.1) is 10.5 Å². The van der Waals surface area contributed by atoms with Crippen LogP contribution in [0.2, 0.25) is 0 Å². The molecule has 36 heavy (non-hydrogen) atoms. The molecule has 0 atom stereocenters. The number of carbonyl (C=O) groups is 1. The number of aliphatic hydroxyl groups is 1. The number of rotatable bonds is 7. The molecule has 3 heterocycles. The number of nitrogens with one attached hydrogen (secondary N) is 2. The average molecular weight is 512 g/mol. The van der Waals surface area contributed by atoms with Crippen LogP contribution >= 0.6 is 11.3 Å². The number of aryl methyl sites for hydroxylation is 3. The number of halogens is 1. The molecule has 3 N–H and O–H groups in total. The highest BCUT2D eigenvalue weighted by atomic mass is 32.1. The number of aromatic amines is 1. The number of thiophene rings is 1. The predicted molar refractivity (Wildman–Crippen MR) is 141 cm³/mol. The lowest BCUT2D eigenvalue weighted by Crippen LogP contribution is -2.23. The number of ether oxygens (including phenoxy) is 1. The van der Waals surface area contributed by atoms with Crippen LogP contribution in [-0.4, -0.2) is 32.7 Å². The molecule has 0 saturated carbocycles. The lowest BCUT2D eigenvalue weighted by atomic mass is 10.0. The third kappa shape index (κ3) is 5.08. The van der Waals surface area contributed by atoms with Gasteiger partial charge in [0.1, 0.15) is 28.5 Å². The van der Waals surface area contributed by atoms with Crippen molar-refractivity contribution in [3.63, 3.8) is 0 Å². The number of carbonyl (C=O) groups excluding carboxylic acids is 1. The van der Waals surface area contributed by atoms with Crippen LogP contribution < -0.4 is 15.6 Å². The van der Waals surface area contributed by atoms with Gasteiger partial charge in [-0.1, -0.05) is 0 Å². The maximum Gasteiger partial charge on any atom is 0.274 e. The largest absolute Gasteiger partial charge is 0.455 e. The van der Waals surface area contributed by atoms with Crippen molar-refractivity contribution in [2.75, 3.05) is 6.54 Å². The molecule has 0 bridgehead atoms. The van der Waals surface area contributed by atoms with Gasteiger partial charge in [-0.2, -0.15) is 0 Å². The zero-order chi connectivity index (χ0) is 26.4. The van der Waals surface area contributed by atoms with E-state index in [0.29, 0.717) is 52.1 Å². The molecule has 0 aliphatic rings. The maximum absolute atomic E-state index is 13.9. The van der Waals surface area contributed by atoms with Gasteiger partial charge < -0.3 is 24.7 Å². The highest BCUT2D eigenvalue weighted by molar-refractivity contribution is 7.16. The third-order valence-electron chi connectivity index (χ3n) is 5.78. The van der Waals surface area contributed by atoms with Crippen LogP contribution in [0.4, 0.5) is 4.39 Å². The Bertz CT molecular complexity index is 1500. The zero-order valence-corrected chi connectivity index (χ0v) is 22.0. The zero-order valence-electron chi connectivity index (χ0n) is 21.2. The van der Waals surface area contributed by atoms with Crippen molar-refractivity contribution in [1.29, 1.82) is 0 Å². The monoisotopic (exact) mass is 511 g/mol. The second-order valence-electron chi connectivity index (χ2n) is 9.66. The van der Waals surface area contributed by atoms with Gasteiger partial charge in [-0.25, -0.2) is 4.39 Å². The van der Waals surface area contributed by atoms with E-state index in [9.17, 15) is 19.1 Å². The highest BCUT2D eigenvalue weighted by Crippen LogP contribution is 2.45. The van der Waals surface area contributed by atoms with Crippen LogP contribution in [0.5, 0.6) is 11.5 Å². The lowest BCUT2D eigenvalue weighted by Gasteiger charge is -2.15. The van der Waals surface area contributed by atoms with Crippen LogP contribution in [0.3, 0.4) is 0 Å². The first-order valence-electron chi connectivity index (χ1n) is 11.7. The van der Waals surface area contributed by atoms with Crippen LogP contribution in [0.15, 0.2) is 35.3 Å². The molecule has 0 unspecified atom stereocenters. The summed E-state index contributed by atoms with van der Waals surface area (Å²) < 4.78 is 21.7. The minimum Gasteiger partial charge on any atom is -0.455 e. The molecule has 7 nitrogen and oxygen atoms in total. The Morgan fingerprint density at radius 3 is 2.50 bits per heavy atom. The SMILES string of the molecule is CCNC(=O)c1cc2c(-c3sc(CC(C)(C)O)cc3Oc3c(C)cc(F)cc3C)cn(C)c(=O)c2[nH]1. The molecule has 0 saturated heterocycles. The van der Waals surface area contributed by atoms with E-state index in [0.717, 1.165) is 9.75 Å². The minimum atomic E-state index is -0.945. The smallest absolute Gasteiger partial charge is 0.274 e. The molecule has 9 heteroatoms. The van der Waals surface area contributed by atoms with Crippen molar-refractivity contribution in [1.82, 2.24) is 14.9 Å². The maximum atomic E-state index is 13.9. The first-order chi connectivity index (χ1) is 16.9. The molecule has 0 aliphatic carbocycles. The van der Waals surface area contributed by atoms with E-state index < -0.39 is 5.60 Å². The predicted octanol–water partition coefficient (Wildman–Crippen LogP) is 5.21. The second kappa shape index (κ2) is 9.55. The van der Waals surface area contributed by atoms with Gasteiger partial charge in [-0.3, -0.25) is 9.59 Å². The van der Waals surface area contributed by atoms with Crippen LogP contribution in [0.1, 0.15) is 47.3 Å². The number of fused-ring (bicyclic) bond motifs is 1. The Labute approximate surface area is 212 Å². The van der Waals surface area contributed by atoms with Gasteiger partial charge in [0.15, 0.2) is 0 Å². The molecule has 4 aromatic rings. The van der Waals surface area contributed by atoms with Crippen molar-refractivity contribution >= 4 is 28.1 Å².